The van der Waals surface area contributed by atoms with Gasteiger partial charge in [0.05, 0.1) is 0 Å². The van der Waals surface area contributed by atoms with Gasteiger partial charge in [-0.3, -0.25) is 9.69 Å². The maximum Gasteiger partial charge on any atom is 0.224 e. The van der Waals surface area contributed by atoms with E-state index in [1.807, 2.05) is 18.7 Å². The van der Waals surface area contributed by atoms with Gasteiger partial charge in [0.15, 0.2) is 0 Å². The van der Waals surface area contributed by atoms with Crippen LogP contribution in [0.15, 0.2) is 17.5 Å². The molecule has 1 amide bonds. The summed E-state index contributed by atoms with van der Waals surface area (Å²) in [7, 11) is 0. The predicted octanol–water partition coefficient (Wildman–Crippen LogP) is 1.91. The van der Waals surface area contributed by atoms with E-state index in [0.29, 0.717) is 6.42 Å². The SMILES string of the molecule is CC(C)(N)CC(=O)N1CCCN(Cc2cccs2)CC1. The van der Waals surface area contributed by atoms with E-state index in [2.05, 4.69) is 22.4 Å². The van der Waals surface area contributed by atoms with Crippen LogP contribution >= 0.6 is 11.3 Å². The van der Waals surface area contributed by atoms with Crippen molar-refractivity contribution in [2.75, 3.05) is 26.2 Å². The third-order valence-corrected chi connectivity index (χ3v) is 4.37. The van der Waals surface area contributed by atoms with Gasteiger partial charge >= 0.3 is 0 Å². The lowest BCUT2D eigenvalue weighted by molar-refractivity contribution is -0.132. The van der Waals surface area contributed by atoms with Crippen LogP contribution in [0.4, 0.5) is 0 Å². The Morgan fingerprint density at radius 2 is 2.15 bits per heavy atom. The first-order chi connectivity index (χ1) is 9.44. The third kappa shape index (κ3) is 4.89. The number of nitrogens with two attached hydrogens (primary N) is 1. The zero-order valence-electron chi connectivity index (χ0n) is 12.5. The molecule has 0 radical (unpaired) electrons. The van der Waals surface area contributed by atoms with Crippen molar-refractivity contribution in [3.63, 3.8) is 0 Å². The Labute approximate surface area is 125 Å². The number of hydrogen-bond donors (Lipinski definition) is 1. The second-order valence-electron chi connectivity index (χ2n) is 6.26. The maximum atomic E-state index is 12.2. The smallest absolute Gasteiger partial charge is 0.224 e. The first-order valence-corrected chi connectivity index (χ1v) is 8.13. The summed E-state index contributed by atoms with van der Waals surface area (Å²) in [6.07, 6.45) is 1.47. The average molecular weight is 295 g/mol. The van der Waals surface area contributed by atoms with Gasteiger partial charge in [-0.1, -0.05) is 6.07 Å². The van der Waals surface area contributed by atoms with Gasteiger partial charge in [-0.05, 0) is 31.7 Å². The number of amides is 1. The van der Waals surface area contributed by atoms with Gasteiger partial charge in [-0.15, -0.1) is 11.3 Å². The van der Waals surface area contributed by atoms with Crippen molar-refractivity contribution in [3.05, 3.63) is 22.4 Å². The molecule has 0 bridgehead atoms. The van der Waals surface area contributed by atoms with E-state index in [4.69, 9.17) is 5.73 Å². The number of thiophene rings is 1. The van der Waals surface area contributed by atoms with E-state index in [9.17, 15) is 4.79 Å². The van der Waals surface area contributed by atoms with Gasteiger partial charge < -0.3 is 10.6 Å². The Kier molecular flexibility index (Phi) is 5.18. The molecule has 0 aliphatic carbocycles. The van der Waals surface area contributed by atoms with Crippen LogP contribution in [0.1, 0.15) is 31.6 Å². The fourth-order valence-corrected chi connectivity index (χ4v) is 3.25. The molecule has 1 saturated heterocycles. The van der Waals surface area contributed by atoms with Gasteiger partial charge in [0.2, 0.25) is 5.91 Å². The summed E-state index contributed by atoms with van der Waals surface area (Å²) in [4.78, 5) is 18.0. The molecule has 0 aromatic carbocycles. The molecule has 20 heavy (non-hydrogen) atoms. The fraction of sp³-hybridized carbons (Fsp3) is 0.667. The molecule has 0 spiro atoms. The molecule has 0 unspecified atom stereocenters. The molecule has 112 valence electrons. The van der Waals surface area contributed by atoms with E-state index >= 15 is 0 Å². The van der Waals surface area contributed by atoms with Gasteiger partial charge in [-0.25, -0.2) is 0 Å². The Bertz CT molecular complexity index is 425. The highest BCUT2D eigenvalue weighted by molar-refractivity contribution is 7.09. The summed E-state index contributed by atoms with van der Waals surface area (Å²) in [5.41, 5.74) is 5.53. The number of carbonyl (C=O) groups is 1. The summed E-state index contributed by atoms with van der Waals surface area (Å²) >= 11 is 1.80. The molecular weight excluding hydrogens is 270 g/mol. The largest absolute Gasteiger partial charge is 0.341 e. The van der Waals surface area contributed by atoms with Crippen molar-refractivity contribution in [3.8, 4) is 0 Å². The van der Waals surface area contributed by atoms with Crippen LogP contribution < -0.4 is 5.73 Å². The molecular formula is C15H25N3OS. The molecule has 1 aliphatic heterocycles. The number of carbonyl (C=O) groups excluding carboxylic acids is 1. The summed E-state index contributed by atoms with van der Waals surface area (Å²) in [6, 6.07) is 4.27. The molecule has 0 saturated carbocycles. The highest BCUT2D eigenvalue weighted by atomic mass is 32.1. The Hall–Kier alpha value is -0.910. The lowest BCUT2D eigenvalue weighted by Gasteiger charge is -2.25. The summed E-state index contributed by atoms with van der Waals surface area (Å²) in [5.74, 6) is 0.190. The minimum atomic E-state index is -0.417. The van der Waals surface area contributed by atoms with Gasteiger partial charge in [0.25, 0.3) is 0 Å². The van der Waals surface area contributed by atoms with Crippen LogP contribution in [0, 0.1) is 0 Å². The minimum absolute atomic E-state index is 0.190. The minimum Gasteiger partial charge on any atom is -0.341 e. The summed E-state index contributed by atoms with van der Waals surface area (Å²) in [6.45, 7) is 8.51. The van der Waals surface area contributed by atoms with Crippen LogP contribution in [-0.2, 0) is 11.3 Å². The average Bonchev–Trinajstić information content (AvgIpc) is 2.72. The molecule has 1 aromatic rings. The van der Waals surface area contributed by atoms with Crippen molar-refractivity contribution < 1.29 is 4.79 Å². The van der Waals surface area contributed by atoms with Crippen LogP contribution in [0.3, 0.4) is 0 Å². The van der Waals surface area contributed by atoms with Crippen LogP contribution in [0.25, 0.3) is 0 Å². The van der Waals surface area contributed by atoms with E-state index in [-0.39, 0.29) is 5.91 Å². The first kappa shape index (κ1) is 15.5. The van der Waals surface area contributed by atoms with Gasteiger partial charge in [0.1, 0.15) is 0 Å². The zero-order valence-corrected chi connectivity index (χ0v) is 13.3. The third-order valence-electron chi connectivity index (χ3n) is 3.51. The molecule has 1 aliphatic rings. The first-order valence-electron chi connectivity index (χ1n) is 7.25. The normalized spacial score (nSPS) is 18.1. The van der Waals surface area contributed by atoms with Crippen LogP contribution in [0.5, 0.6) is 0 Å². The molecule has 1 fully saturated rings. The van der Waals surface area contributed by atoms with E-state index in [0.717, 1.165) is 39.1 Å². The number of nitrogens with zero attached hydrogens (tertiary/aromatic N) is 2. The predicted molar refractivity (Wildman–Crippen MR) is 83.7 cm³/mol. The highest BCUT2D eigenvalue weighted by Gasteiger charge is 2.23. The standard InChI is InChI=1S/C15H25N3OS/c1-15(2,16)11-14(19)18-7-4-6-17(8-9-18)12-13-5-3-10-20-13/h3,5,10H,4,6-9,11-12,16H2,1-2H3. The summed E-state index contributed by atoms with van der Waals surface area (Å²) < 4.78 is 0. The Morgan fingerprint density at radius 1 is 1.35 bits per heavy atom. The lowest BCUT2D eigenvalue weighted by atomic mass is 10.0. The van der Waals surface area contributed by atoms with Crippen molar-refractivity contribution in [1.82, 2.24) is 9.80 Å². The highest BCUT2D eigenvalue weighted by Crippen LogP contribution is 2.15. The van der Waals surface area contributed by atoms with Crippen molar-refractivity contribution in [1.29, 1.82) is 0 Å². The molecule has 4 nitrogen and oxygen atoms in total. The van der Waals surface area contributed by atoms with Crippen molar-refractivity contribution >= 4 is 17.2 Å². The molecule has 2 rings (SSSR count). The van der Waals surface area contributed by atoms with Crippen molar-refractivity contribution in [2.45, 2.75) is 38.8 Å². The molecule has 5 heteroatoms. The monoisotopic (exact) mass is 295 g/mol. The molecule has 2 heterocycles. The van der Waals surface area contributed by atoms with E-state index < -0.39 is 5.54 Å². The topological polar surface area (TPSA) is 49.6 Å². The van der Waals surface area contributed by atoms with Gasteiger partial charge in [0, 0.05) is 49.6 Å². The van der Waals surface area contributed by atoms with E-state index in [1.165, 1.54) is 4.88 Å². The van der Waals surface area contributed by atoms with Crippen LogP contribution in [0.2, 0.25) is 0 Å². The number of hydrogen-bond acceptors (Lipinski definition) is 4. The zero-order chi connectivity index (χ0) is 14.6. The maximum absolute atomic E-state index is 12.2. The second-order valence-corrected chi connectivity index (χ2v) is 7.29. The fourth-order valence-electron chi connectivity index (χ4n) is 2.50. The molecule has 2 N–H and O–H groups in total. The number of rotatable bonds is 4. The molecule has 1 aromatic heterocycles. The second kappa shape index (κ2) is 6.70. The molecule has 0 atom stereocenters. The summed E-state index contributed by atoms with van der Waals surface area (Å²) in [5, 5.41) is 2.12. The van der Waals surface area contributed by atoms with E-state index in [1.54, 1.807) is 11.3 Å². The quantitative estimate of drug-likeness (QED) is 0.923. The van der Waals surface area contributed by atoms with Crippen LogP contribution in [-0.4, -0.2) is 47.4 Å². The Balaban J connectivity index is 1.84. The Morgan fingerprint density at radius 3 is 2.80 bits per heavy atom. The van der Waals surface area contributed by atoms with Crippen molar-refractivity contribution in [2.24, 2.45) is 5.73 Å². The van der Waals surface area contributed by atoms with Gasteiger partial charge in [-0.2, -0.15) is 0 Å². The lowest BCUT2D eigenvalue weighted by Crippen LogP contribution is -2.42.